The van der Waals surface area contributed by atoms with Gasteiger partial charge in [0.05, 0.1) is 0 Å². The minimum absolute atomic E-state index is 2.45. The standard InChI is InChI=1S/C4H5NO10S2/c5-1(2(6)7)4(3(8)9,16(10,11)12)17(13,14)15/h5H,(H,6,7)(H,8,9)(H,10,11,12)(H,13,14,15). The normalized spacial score (nSPS) is 13.1. The predicted octanol–water partition coefficient (Wildman–Crippen LogP) is -2.35. The summed E-state index contributed by atoms with van der Waals surface area (Å²) in [6.45, 7) is 0. The third-order valence-corrected chi connectivity index (χ3v) is 5.03. The molecule has 0 aliphatic carbocycles. The number of carboxylic acid groups (broad SMARTS) is 2. The third kappa shape index (κ3) is 2.12. The van der Waals surface area contributed by atoms with Gasteiger partial charge in [0.15, 0.2) is 5.71 Å². The van der Waals surface area contributed by atoms with E-state index in [4.69, 9.17) is 24.7 Å². The highest BCUT2D eigenvalue weighted by Crippen LogP contribution is 2.25. The summed E-state index contributed by atoms with van der Waals surface area (Å²) in [6.07, 6.45) is 0. The van der Waals surface area contributed by atoms with E-state index in [9.17, 15) is 26.4 Å². The van der Waals surface area contributed by atoms with Gasteiger partial charge < -0.3 is 10.2 Å². The van der Waals surface area contributed by atoms with E-state index in [1.165, 1.54) is 0 Å². The molecule has 0 saturated heterocycles. The van der Waals surface area contributed by atoms with Crippen LogP contribution in [-0.2, 0) is 29.8 Å². The molecule has 0 spiro atoms. The van der Waals surface area contributed by atoms with E-state index in [1.54, 1.807) is 0 Å². The average molecular weight is 291 g/mol. The van der Waals surface area contributed by atoms with Crippen molar-refractivity contribution in [3.8, 4) is 0 Å². The van der Waals surface area contributed by atoms with Crippen LogP contribution in [0.1, 0.15) is 0 Å². The monoisotopic (exact) mass is 291 g/mol. The van der Waals surface area contributed by atoms with E-state index < -0.39 is 42.0 Å². The SMILES string of the molecule is N=C(C(=O)O)C(C(=O)O)(S(=O)(=O)O)S(=O)(=O)O. The lowest BCUT2D eigenvalue weighted by atomic mass is 10.2. The molecule has 0 saturated carbocycles. The fraction of sp³-hybridized carbons (Fsp3) is 0.250. The molecule has 0 aromatic carbocycles. The first-order valence-corrected chi connectivity index (χ1v) is 6.18. The van der Waals surface area contributed by atoms with Crippen LogP contribution in [0.25, 0.3) is 0 Å². The third-order valence-electron chi connectivity index (χ3n) is 1.55. The maximum atomic E-state index is 10.7. The lowest BCUT2D eigenvalue weighted by Crippen LogP contribution is -2.60. The Balaban J connectivity index is 6.72. The number of hydrogen-bond donors (Lipinski definition) is 5. The molecule has 98 valence electrons. The van der Waals surface area contributed by atoms with Gasteiger partial charge in [0.1, 0.15) is 0 Å². The molecular formula is C4H5NO10S2. The molecule has 5 N–H and O–H groups in total. The van der Waals surface area contributed by atoms with E-state index in [0.29, 0.717) is 0 Å². The van der Waals surface area contributed by atoms with E-state index in [1.807, 2.05) is 0 Å². The Morgan fingerprint density at radius 3 is 1.29 bits per heavy atom. The molecule has 0 amide bonds. The Morgan fingerprint density at radius 2 is 1.24 bits per heavy atom. The summed E-state index contributed by atoms with van der Waals surface area (Å²) in [7, 11) is -12.3. The molecule has 17 heavy (non-hydrogen) atoms. The van der Waals surface area contributed by atoms with Crippen molar-refractivity contribution in [2.24, 2.45) is 0 Å². The summed E-state index contributed by atoms with van der Waals surface area (Å²) in [5.41, 5.74) is -2.45. The van der Waals surface area contributed by atoms with Crippen LogP contribution < -0.4 is 0 Å². The molecule has 0 fully saturated rings. The van der Waals surface area contributed by atoms with Gasteiger partial charge in [-0.1, -0.05) is 0 Å². The van der Waals surface area contributed by atoms with Crippen molar-refractivity contribution in [1.29, 1.82) is 5.41 Å². The maximum absolute atomic E-state index is 10.7. The Labute approximate surface area is 93.7 Å². The summed E-state index contributed by atoms with van der Waals surface area (Å²) in [5.74, 6) is -5.52. The fourth-order valence-electron chi connectivity index (χ4n) is 0.859. The van der Waals surface area contributed by atoms with E-state index in [0.717, 1.165) is 0 Å². The van der Waals surface area contributed by atoms with Crippen LogP contribution in [0.15, 0.2) is 0 Å². The second-order valence-electron chi connectivity index (χ2n) is 2.55. The van der Waals surface area contributed by atoms with Crippen molar-refractivity contribution in [1.82, 2.24) is 0 Å². The first kappa shape index (κ1) is 15.4. The quantitative estimate of drug-likeness (QED) is 0.269. The van der Waals surface area contributed by atoms with E-state index in [-0.39, 0.29) is 0 Å². The van der Waals surface area contributed by atoms with Gasteiger partial charge in [-0.2, -0.15) is 16.8 Å². The van der Waals surface area contributed by atoms with E-state index in [2.05, 4.69) is 0 Å². The molecule has 0 aromatic rings. The van der Waals surface area contributed by atoms with Crippen molar-refractivity contribution < 1.29 is 45.7 Å². The van der Waals surface area contributed by atoms with Crippen LogP contribution in [0.5, 0.6) is 0 Å². The number of carbonyl (C=O) groups is 2. The molecule has 0 unspecified atom stereocenters. The molecule has 0 radical (unpaired) electrons. The summed E-state index contributed by atoms with van der Waals surface area (Å²) in [5, 5.41) is 23.3. The van der Waals surface area contributed by atoms with Gasteiger partial charge >= 0.3 is 36.3 Å². The van der Waals surface area contributed by atoms with Gasteiger partial charge in [0.2, 0.25) is 0 Å². The van der Waals surface area contributed by atoms with Gasteiger partial charge in [-0.25, -0.2) is 9.59 Å². The summed E-state index contributed by atoms with van der Waals surface area (Å²) >= 11 is 0. The van der Waals surface area contributed by atoms with Gasteiger partial charge in [0.25, 0.3) is 0 Å². The Hall–Kier alpha value is -1.57. The Bertz CT molecular complexity index is 550. The molecule has 0 aliphatic rings. The van der Waals surface area contributed by atoms with E-state index >= 15 is 0 Å². The van der Waals surface area contributed by atoms with Gasteiger partial charge in [-0.15, -0.1) is 0 Å². The zero-order valence-corrected chi connectivity index (χ0v) is 9.19. The van der Waals surface area contributed by atoms with Crippen molar-refractivity contribution in [2.75, 3.05) is 0 Å². The molecule has 13 heteroatoms. The first-order chi connectivity index (χ1) is 7.30. The number of hydrogen-bond acceptors (Lipinski definition) is 7. The Kier molecular flexibility index (Phi) is 3.65. The molecule has 0 atom stereocenters. The van der Waals surface area contributed by atoms with Crippen molar-refractivity contribution >= 4 is 37.9 Å². The highest BCUT2D eigenvalue weighted by atomic mass is 32.3. The van der Waals surface area contributed by atoms with Crippen LogP contribution in [-0.4, -0.2) is 57.9 Å². The van der Waals surface area contributed by atoms with Crippen molar-refractivity contribution in [3.05, 3.63) is 0 Å². The van der Waals surface area contributed by atoms with Crippen LogP contribution in [0, 0.1) is 5.41 Å². The van der Waals surface area contributed by atoms with Crippen LogP contribution in [0.4, 0.5) is 0 Å². The van der Waals surface area contributed by atoms with Crippen LogP contribution in [0.3, 0.4) is 0 Å². The number of carboxylic acids is 2. The molecule has 11 nitrogen and oxygen atoms in total. The van der Waals surface area contributed by atoms with Crippen LogP contribution in [0.2, 0.25) is 0 Å². The predicted molar refractivity (Wildman–Crippen MR) is 48.8 cm³/mol. The molecule has 0 bridgehead atoms. The number of aliphatic carboxylic acids is 2. The highest BCUT2D eigenvalue weighted by molar-refractivity contribution is 8.08. The zero-order valence-electron chi connectivity index (χ0n) is 7.55. The Morgan fingerprint density at radius 1 is 0.941 bits per heavy atom. The molecule has 0 aromatic heterocycles. The lowest BCUT2D eigenvalue weighted by Gasteiger charge is -2.20. The number of rotatable bonds is 5. The van der Waals surface area contributed by atoms with Crippen LogP contribution >= 0.6 is 0 Å². The fourth-order valence-corrected chi connectivity index (χ4v) is 3.06. The molecule has 0 aliphatic heterocycles. The van der Waals surface area contributed by atoms with Gasteiger partial charge in [-0.05, 0) is 0 Å². The summed E-state index contributed by atoms with van der Waals surface area (Å²) in [4.78, 5) is 20.9. The molecule has 0 rings (SSSR count). The molecular weight excluding hydrogens is 286 g/mol. The topological polar surface area (TPSA) is 207 Å². The molecule has 0 heterocycles. The minimum atomic E-state index is -6.17. The second-order valence-corrected chi connectivity index (χ2v) is 5.94. The zero-order chi connectivity index (χ0) is 14.2. The maximum Gasteiger partial charge on any atom is 0.364 e. The summed E-state index contributed by atoms with van der Waals surface area (Å²) in [6, 6.07) is 0. The highest BCUT2D eigenvalue weighted by Gasteiger charge is 2.67. The number of nitrogens with one attached hydrogen (secondary N) is 1. The second kappa shape index (κ2) is 4.02. The minimum Gasteiger partial charge on any atom is -0.479 e. The summed E-state index contributed by atoms with van der Waals surface area (Å²) < 4.78 is 55.2. The van der Waals surface area contributed by atoms with Crippen molar-refractivity contribution in [3.63, 3.8) is 0 Å². The smallest absolute Gasteiger partial charge is 0.364 e. The van der Waals surface area contributed by atoms with Gasteiger partial charge in [0, 0.05) is 0 Å². The van der Waals surface area contributed by atoms with Gasteiger partial charge in [-0.3, -0.25) is 14.5 Å². The largest absolute Gasteiger partial charge is 0.479 e. The van der Waals surface area contributed by atoms with Crippen molar-refractivity contribution in [2.45, 2.75) is 4.08 Å². The lowest BCUT2D eigenvalue weighted by molar-refractivity contribution is -0.138. The first-order valence-electron chi connectivity index (χ1n) is 3.30. The average Bonchev–Trinajstić information content (AvgIpc) is 1.97.